The van der Waals surface area contributed by atoms with Gasteiger partial charge in [-0.05, 0) is 59.4 Å². The van der Waals surface area contributed by atoms with Gasteiger partial charge in [-0.25, -0.2) is 8.78 Å². The van der Waals surface area contributed by atoms with Gasteiger partial charge in [-0.3, -0.25) is 9.69 Å². The quantitative estimate of drug-likeness (QED) is 0.327. The predicted octanol–water partition coefficient (Wildman–Crippen LogP) is 3.85. The van der Waals surface area contributed by atoms with Crippen LogP contribution in [0.1, 0.15) is 39.5 Å². The highest BCUT2D eigenvalue weighted by molar-refractivity contribution is 5.94. The third kappa shape index (κ3) is 8.93. The van der Waals surface area contributed by atoms with Crippen LogP contribution in [0.4, 0.5) is 8.78 Å². The topological polar surface area (TPSA) is 73.8 Å². The summed E-state index contributed by atoms with van der Waals surface area (Å²) in [5, 5.41) is 17.2. The highest BCUT2D eigenvalue weighted by atomic mass is 19.1. The molecule has 0 aliphatic carbocycles. The zero-order valence-corrected chi connectivity index (χ0v) is 22.3. The van der Waals surface area contributed by atoms with Crippen LogP contribution >= 0.6 is 0 Å². The summed E-state index contributed by atoms with van der Waals surface area (Å²) < 4.78 is 33.2. The number of nitrogens with zero attached hydrogens (tertiary/aromatic N) is 1. The van der Waals surface area contributed by atoms with Crippen molar-refractivity contribution >= 4 is 5.91 Å². The molecule has 3 N–H and O–H groups in total. The van der Waals surface area contributed by atoms with Crippen LogP contribution in [0.5, 0.6) is 0 Å². The van der Waals surface area contributed by atoms with E-state index in [1.165, 1.54) is 17.7 Å². The summed E-state index contributed by atoms with van der Waals surface area (Å²) in [6.45, 7) is 6.60. The minimum Gasteiger partial charge on any atom is -0.390 e. The lowest BCUT2D eigenvalue weighted by atomic mass is 9.99. The number of rotatable bonds is 12. The van der Waals surface area contributed by atoms with Crippen molar-refractivity contribution in [2.75, 3.05) is 32.8 Å². The van der Waals surface area contributed by atoms with Crippen LogP contribution < -0.4 is 10.6 Å². The number of carbonyl (C=O) groups is 1. The van der Waals surface area contributed by atoms with Gasteiger partial charge in [0.05, 0.1) is 25.4 Å². The molecule has 3 aromatic rings. The van der Waals surface area contributed by atoms with Crippen LogP contribution in [0.15, 0.2) is 66.7 Å². The Labute approximate surface area is 229 Å². The fourth-order valence-electron chi connectivity index (χ4n) is 4.81. The number of amides is 1. The van der Waals surface area contributed by atoms with E-state index in [1.54, 1.807) is 6.07 Å². The smallest absolute Gasteiger partial charge is 0.251 e. The summed E-state index contributed by atoms with van der Waals surface area (Å²) in [6.07, 6.45) is 0.0101. The number of morpholine rings is 1. The molecule has 0 saturated carbocycles. The van der Waals surface area contributed by atoms with E-state index in [1.807, 2.05) is 30.3 Å². The van der Waals surface area contributed by atoms with Crippen molar-refractivity contribution in [1.29, 1.82) is 0 Å². The van der Waals surface area contributed by atoms with Gasteiger partial charge in [0.2, 0.25) is 0 Å². The fraction of sp³-hybridized carbons (Fsp3) is 0.387. The lowest BCUT2D eigenvalue weighted by Gasteiger charge is -2.27. The predicted molar refractivity (Wildman–Crippen MR) is 147 cm³/mol. The molecule has 39 heavy (non-hydrogen) atoms. The Bertz CT molecular complexity index is 1210. The molecule has 0 spiro atoms. The maximum absolute atomic E-state index is 13.9. The molecule has 8 heteroatoms. The number of hydrogen-bond acceptors (Lipinski definition) is 5. The number of nitrogens with one attached hydrogen (secondary N) is 2. The third-order valence-corrected chi connectivity index (χ3v) is 6.94. The van der Waals surface area contributed by atoms with Gasteiger partial charge in [-0.15, -0.1) is 0 Å². The molecule has 4 rings (SSSR count). The molecule has 208 valence electrons. The number of aryl methyl sites for hydroxylation is 1. The van der Waals surface area contributed by atoms with Crippen LogP contribution in [-0.4, -0.2) is 60.9 Å². The SMILES string of the molecule is CCc1cccc(CNC[C@H](O)[C@H](Cc2cc(F)cc(F)c2)NC(=O)c2cccc(CN3CCOCC3)c2)c1. The van der Waals surface area contributed by atoms with Gasteiger partial charge < -0.3 is 20.5 Å². The van der Waals surface area contributed by atoms with Gasteiger partial charge in [0, 0.05) is 44.4 Å². The monoisotopic (exact) mass is 537 g/mol. The van der Waals surface area contributed by atoms with Crippen molar-refractivity contribution in [3.05, 3.63) is 106 Å². The summed E-state index contributed by atoms with van der Waals surface area (Å²) in [5.74, 6) is -1.75. The second-order valence-corrected chi connectivity index (χ2v) is 10.0. The van der Waals surface area contributed by atoms with Crippen molar-refractivity contribution in [2.24, 2.45) is 0 Å². The fourth-order valence-corrected chi connectivity index (χ4v) is 4.81. The molecule has 3 aromatic carbocycles. The molecule has 1 aliphatic heterocycles. The summed E-state index contributed by atoms with van der Waals surface area (Å²) in [5.41, 5.74) is 4.14. The van der Waals surface area contributed by atoms with Crippen molar-refractivity contribution in [3.63, 3.8) is 0 Å². The maximum Gasteiger partial charge on any atom is 0.251 e. The Kier molecular flexibility index (Phi) is 10.6. The van der Waals surface area contributed by atoms with Crippen LogP contribution in [0.25, 0.3) is 0 Å². The van der Waals surface area contributed by atoms with Crippen LogP contribution in [-0.2, 0) is 30.7 Å². The first-order valence-corrected chi connectivity index (χ1v) is 13.5. The second kappa shape index (κ2) is 14.3. The number of aliphatic hydroxyl groups is 1. The first-order valence-electron chi connectivity index (χ1n) is 13.5. The van der Waals surface area contributed by atoms with E-state index in [2.05, 4.69) is 34.6 Å². The highest BCUT2D eigenvalue weighted by Crippen LogP contribution is 2.15. The van der Waals surface area contributed by atoms with E-state index < -0.39 is 23.8 Å². The van der Waals surface area contributed by atoms with Crippen LogP contribution in [0.3, 0.4) is 0 Å². The van der Waals surface area contributed by atoms with Gasteiger partial charge in [0.15, 0.2) is 0 Å². The van der Waals surface area contributed by atoms with Crippen LogP contribution in [0.2, 0.25) is 0 Å². The molecule has 1 fully saturated rings. The summed E-state index contributed by atoms with van der Waals surface area (Å²) in [6, 6.07) is 18.1. The minimum atomic E-state index is -0.994. The molecule has 1 saturated heterocycles. The Morgan fingerprint density at radius 3 is 2.38 bits per heavy atom. The first-order chi connectivity index (χ1) is 18.9. The molecule has 0 aromatic heterocycles. The van der Waals surface area contributed by atoms with Gasteiger partial charge >= 0.3 is 0 Å². The normalized spacial score (nSPS) is 15.6. The number of benzene rings is 3. The molecule has 0 bridgehead atoms. The van der Waals surface area contributed by atoms with Crippen molar-refractivity contribution in [2.45, 2.75) is 45.0 Å². The van der Waals surface area contributed by atoms with Gasteiger partial charge in [0.25, 0.3) is 5.91 Å². The molecule has 0 radical (unpaired) electrons. The average molecular weight is 538 g/mol. The molecule has 2 atom stereocenters. The van der Waals surface area contributed by atoms with E-state index in [0.717, 1.165) is 36.7 Å². The van der Waals surface area contributed by atoms with Crippen LogP contribution in [0, 0.1) is 11.6 Å². The van der Waals surface area contributed by atoms with E-state index in [0.29, 0.717) is 37.4 Å². The standard InChI is InChI=1S/C31H37F2N3O3/c1-2-22-5-3-6-23(13-22)19-34-20-30(37)29(17-25-15-27(32)18-28(33)16-25)35-31(38)26-8-4-7-24(14-26)21-36-9-11-39-12-10-36/h3-8,13-16,18,29-30,34,37H,2,9-12,17,19-21H2,1H3,(H,35,38)/t29-,30-/m0/s1. The van der Waals surface area contributed by atoms with Gasteiger partial charge in [-0.1, -0.05) is 43.3 Å². The molecule has 1 heterocycles. The van der Waals surface area contributed by atoms with Gasteiger partial charge in [-0.2, -0.15) is 0 Å². The Hall–Kier alpha value is -3.17. The minimum absolute atomic E-state index is 0.0715. The van der Waals surface area contributed by atoms with E-state index in [9.17, 15) is 18.7 Å². The number of hydrogen-bond donors (Lipinski definition) is 3. The Balaban J connectivity index is 1.44. The van der Waals surface area contributed by atoms with Gasteiger partial charge in [0.1, 0.15) is 11.6 Å². The molecular weight excluding hydrogens is 500 g/mol. The number of halogens is 2. The first kappa shape index (κ1) is 28.8. The zero-order valence-electron chi connectivity index (χ0n) is 22.3. The molecular formula is C31H37F2N3O3. The molecule has 6 nitrogen and oxygen atoms in total. The van der Waals surface area contributed by atoms with Crippen molar-refractivity contribution in [1.82, 2.24) is 15.5 Å². The molecule has 0 unspecified atom stereocenters. The number of aliphatic hydroxyl groups excluding tert-OH is 1. The van der Waals surface area contributed by atoms with E-state index in [-0.39, 0.29) is 18.9 Å². The molecule has 1 aliphatic rings. The Morgan fingerprint density at radius 2 is 1.64 bits per heavy atom. The zero-order chi connectivity index (χ0) is 27.6. The maximum atomic E-state index is 13.9. The summed E-state index contributed by atoms with van der Waals surface area (Å²) in [4.78, 5) is 15.5. The largest absolute Gasteiger partial charge is 0.390 e. The Morgan fingerprint density at radius 1 is 0.949 bits per heavy atom. The highest BCUT2D eigenvalue weighted by Gasteiger charge is 2.23. The number of carbonyl (C=O) groups excluding carboxylic acids is 1. The summed E-state index contributed by atoms with van der Waals surface area (Å²) >= 11 is 0. The average Bonchev–Trinajstić information content (AvgIpc) is 2.93. The number of ether oxygens (including phenoxy) is 1. The molecule has 1 amide bonds. The summed E-state index contributed by atoms with van der Waals surface area (Å²) in [7, 11) is 0. The van der Waals surface area contributed by atoms with Crippen molar-refractivity contribution in [3.8, 4) is 0 Å². The lowest BCUT2D eigenvalue weighted by molar-refractivity contribution is 0.0342. The third-order valence-electron chi connectivity index (χ3n) is 6.94. The van der Waals surface area contributed by atoms with E-state index in [4.69, 9.17) is 4.74 Å². The second-order valence-electron chi connectivity index (χ2n) is 10.0. The van der Waals surface area contributed by atoms with E-state index >= 15 is 0 Å². The lowest BCUT2D eigenvalue weighted by Crippen LogP contribution is -2.48. The van der Waals surface area contributed by atoms with Crippen molar-refractivity contribution < 1.29 is 23.4 Å².